The van der Waals surface area contributed by atoms with Crippen molar-refractivity contribution < 1.29 is 0 Å². The zero-order valence-corrected chi connectivity index (χ0v) is 8.21. The lowest BCUT2D eigenvalue weighted by atomic mass is 10.2. The molecule has 0 spiro atoms. The molecule has 60 valence electrons. The molecule has 0 radical (unpaired) electrons. The van der Waals surface area contributed by atoms with E-state index in [0.717, 1.165) is 11.1 Å². The summed E-state index contributed by atoms with van der Waals surface area (Å²) in [5, 5.41) is 0.625. The SMILES string of the molecule is Cc1ccc(C(Cl)Cl)c(Cl)c1. The summed E-state index contributed by atoms with van der Waals surface area (Å²) in [4.78, 5) is -0.539. The smallest absolute Gasteiger partial charge is 0.100 e. The zero-order valence-electron chi connectivity index (χ0n) is 5.94. The molecule has 0 N–H and O–H groups in total. The molecule has 0 saturated carbocycles. The third kappa shape index (κ3) is 2.26. The molecule has 0 unspecified atom stereocenters. The number of halogens is 3. The predicted octanol–water partition coefficient (Wildman–Crippen LogP) is 4.12. The van der Waals surface area contributed by atoms with Gasteiger partial charge in [-0.25, -0.2) is 0 Å². The first kappa shape index (κ1) is 9.18. The second-order valence-corrected chi connectivity index (χ2v) is 3.83. The second-order valence-electron chi connectivity index (χ2n) is 2.33. The van der Waals surface area contributed by atoms with Gasteiger partial charge in [0.1, 0.15) is 4.84 Å². The molecule has 3 heteroatoms. The van der Waals surface area contributed by atoms with Crippen LogP contribution >= 0.6 is 34.8 Å². The molecular weight excluding hydrogens is 202 g/mol. The summed E-state index contributed by atoms with van der Waals surface area (Å²) in [5.41, 5.74) is 1.87. The maximum atomic E-state index is 5.86. The Kier molecular flexibility index (Phi) is 3.06. The lowest BCUT2D eigenvalue weighted by Crippen LogP contribution is -1.83. The molecule has 0 fully saturated rings. The first-order chi connectivity index (χ1) is 5.11. The van der Waals surface area contributed by atoms with E-state index in [2.05, 4.69) is 0 Å². The second kappa shape index (κ2) is 3.66. The average Bonchev–Trinajstić information content (AvgIpc) is 1.85. The van der Waals surface area contributed by atoms with E-state index in [4.69, 9.17) is 34.8 Å². The van der Waals surface area contributed by atoms with E-state index in [-0.39, 0.29) is 0 Å². The molecular formula is C8H7Cl3. The Labute approximate surface area is 81.1 Å². The van der Waals surface area contributed by atoms with Crippen LogP contribution < -0.4 is 0 Å². The van der Waals surface area contributed by atoms with Crippen molar-refractivity contribution in [1.82, 2.24) is 0 Å². The summed E-state index contributed by atoms with van der Waals surface area (Å²) in [7, 11) is 0. The van der Waals surface area contributed by atoms with Gasteiger partial charge in [-0.1, -0.05) is 23.7 Å². The number of alkyl halides is 2. The highest BCUT2D eigenvalue weighted by Gasteiger charge is 2.07. The van der Waals surface area contributed by atoms with Crippen LogP contribution in [-0.4, -0.2) is 0 Å². The number of aryl methyl sites for hydroxylation is 1. The van der Waals surface area contributed by atoms with Crippen LogP contribution in [0.25, 0.3) is 0 Å². The minimum atomic E-state index is -0.539. The van der Waals surface area contributed by atoms with Crippen molar-refractivity contribution in [2.45, 2.75) is 11.8 Å². The molecule has 11 heavy (non-hydrogen) atoms. The standard InChI is InChI=1S/C8H7Cl3/c1-5-2-3-6(8(10)11)7(9)4-5/h2-4,8H,1H3. The van der Waals surface area contributed by atoms with Crippen LogP contribution in [0.1, 0.15) is 16.0 Å². The van der Waals surface area contributed by atoms with E-state index >= 15 is 0 Å². The predicted molar refractivity (Wildman–Crippen MR) is 50.6 cm³/mol. The summed E-state index contributed by atoms with van der Waals surface area (Å²) >= 11 is 17.1. The lowest BCUT2D eigenvalue weighted by molar-refractivity contribution is 1.32. The normalized spacial score (nSPS) is 10.6. The van der Waals surface area contributed by atoms with Crippen LogP contribution in [0.5, 0.6) is 0 Å². The first-order valence-electron chi connectivity index (χ1n) is 3.15. The lowest BCUT2D eigenvalue weighted by Gasteiger charge is -2.04. The maximum Gasteiger partial charge on any atom is 0.134 e. The fourth-order valence-corrected chi connectivity index (χ4v) is 1.65. The van der Waals surface area contributed by atoms with Crippen LogP contribution in [-0.2, 0) is 0 Å². The number of hydrogen-bond donors (Lipinski definition) is 0. The highest BCUT2D eigenvalue weighted by atomic mass is 35.5. The Morgan fingerprint density at radius 3 is 2.36 bits per heavy atom. The fourth-order valence-electron chi connectivity index (χ4n) is 0.809. The van der Waals surface area contributed by atoms with Gasteiger partial charge >= 0.3 is 0 Å². The fraction of sp³-hybridized carbons (Fsp3) is 0.250. The highest BCUT2D eigenvalue weighted by molar-refractivity contribution is 6.45. The van der Waals surface area contributed by atoms with Crippen LogP contribution in [0.15, 0.2) is 18.2 Å². The summed E-state index contributed by atoms with van der Waals surface area (Å²) in [5.74, 6) is 0. The molecule has 0 aromatic heterocycles. The zero-order chi connectivity index (χ0) is 8.43. The Morgan fingerprint density at radius 2 is 1.91 bits per heavy atom. The number of rotatable bonds is 1. The number of hydrogen-bond acceptors (Lipinski definition) is 0. The van der Waals surface area contributed by atoms with Gasteiger partial charge in [-0.05, 0) is 18.6 Å². The maximum absolute atomic E-state index is 5.86. The average molecular weight is 210 g/mol. The van der Waals surface area contributed by atoms with Gasteiger partial charge in [0.05, 0.1) is 0 Å². The molecule has 0 atom stereocenters. The molecule has 0 aliphatic rings. The van der Waals surface area contributed by atoms with Crippen molar-refractivity contribution in [2.75, 3.05) is 0 Å². The van der Waals surface area contributed by atoms with Gasteiger partial charge in [0.2, 0.25) is 0 Å². The van der Waals surface area contributed by atoms with Crippen molar-refractivity contribution in [3.8, 4) is 0 Å². The Morgan fingerprint density at radius 1 is 1.27 bits per heavy atom. The van der Waals surface area contributed by atoms with Crippen molar-refractivity contribution in [3.05, 3.63) is 34.3 Å². The molecule has 1 rings (SSSR count). The molecule has 0 aliphatic carbocycles. The molecule has 0 saturated heterocycles. The molecule has 0 nitrogen and oxygen atoms in total. The molecule has 0 amide bonds. The summed E-state index contributed by atoms with van der Waals surface area (Å²) in [6, 6.07) is 5.61. The Balaban J connectivity index is 3.09. The van der Waals surface area contributed by atoms with Crippen molar-refractivity contribution in [1.29, 1.82) is 0 Å². The Bertz CT molecular complexity index is 256. The largest absolute Gasteiger partial charge is 0.134 e. The van der Waals surface area contributed by atoms with Crippen molar-refractivity contribution >= 4 is 34.8 Å². The van der Waals surface area contributed by atoms with Gasteiger partial charge < -0.3 is 0 Å². The molecule has 1 aromatic carbocycles. The van der Waals surface area contributed by atoms with E-state index in [9.17, 15) is 0 Å². The van der Waals surface area contributed by atoms with Crippen molar-refractivity contribution in [2.24, 2.45) is 0 Å². The van der Waals surface area contributed by atoms with Gasteiger partial charge in [-0.15, -0.1) is 23.2 Å². The van der Waals surface area contributed by atoms with E-state index in [1.807, 2.05) is 25.1 Å². The van der Waals surface area contributed by atoms with Crippen LogP contribution in [0.3, 0.4) is 0 Å². The molecule has 0 bridgehead atoms. The van der Waals surface area contributed by atoms with Crippen LogP contribution in [0.2, 0.25) is 5.02 Å². The summed E-state index contributed by atoms with van der Waals surface area (Å²) in [6.07, 6.45) is 0. The third-order valence-corrected chi connectivity index (χ3v) is 2.19. The monoisotopic (exact) mass is 208 g/mol. The van der Waals surface area contributed by atoms with Gasteiger partial charge in [-0.2, -0.15) is 0 Å². The summed E-state index contributed by atoms with van der Waals surface area (Å²) < 4.78 is 0. The molecule has 0 aliphatic heterocycles. The first-order valence-corrected chi connectivity index (χ1v) is 4.40. The Hall–Kier alpha value is 0.0900. The topological polar surface area (TPSA) is 0 Å². The molecule has 1 aromatic rings. The minimum Gasteiger partial charge on any atom is -0.100 e. The van der Waals surface area contributed by atoms with Gasteiger partial charge in [0, 0.05) is 10.6 Å². The van der Waals surface area contributed by atoms with Crippen LogP contribution in [0.4, 0.5) is 0 Å². The minimum absolute atomic E-state index is 0.539. The van der Waals surface area contributed by atoms with E-state index < -0.39 is 4.84 Å². The molecule has 0 heterocycles. The van der Waals surface area contributed by atoms with E-state index in [1.54, 1.807) is 0 Å². The van der Waals surface area contributed by atoms with E-state index in [0.29, 0.717) is 5.02 Å². The van der Waals surface area contributed by atoms with Gasteiger partial charge in [-0.3, -0.25) is 0 Å². The van der Waals surface area contributed by atoms with Gasteiger partial charge in [0.15, 0.2) is 0 Å². The number of benzene rings is 1. The quantitative estimate of drug-likeness (QED) is 0.610. The van der Waals surface area contributed by atoms with Crippen LogP contribution in [0, 0.1) is 6.92 Å². The van der Waals surface area contributed by atoms with E-state index in [1.165, 1.54) is 0 Å². The summed E-state index contributed by atoms with van der Waals surface area (Å²) in [6.45, 7) is 1.97. The highest BCUT2D eigenvalue weighted by Crippen LogP contribution is 2.31. The van der Waals surface area contributed by atoms with Crippen molar-refractivity contribution in [3.63, 3.8) is 0 Å². The van der Waals surface area contributed by atoms with Gasteiger partial charge in [0.25, 0.3) is 0 Å². The third-order valence-electron chi connectivity index (χ3n) is 1.39.